The number of hydrogen-bond donors (Lipinski definition) is 1. The quantitative estimate of drug-likeness (QED) is 0.196. The van der Waals surface area contributed by atoms with Crippen LogP contribution < -0.4 is 0 Å². The van der Waals surface area contributed by atoms with Crippen molar-refractivity contribution in [2.24, 2.45) is 5.28 Å². The molecular weight excluding hydrogens is 123 g/mol. The SMILES string of the molecule is N=NOOOOP. The molecule has 0 saturated heterocycles. The van der Waals surface area contributed by atoms with Crippen molar-refractivity contribution in [1.29, 1.82) is 5.53 Å². The Labute approximate surface area is 41.2 Å². The van der Waals surface area contributed by atoms with E-state index in [-0.39, 0.29) is 0 Å². The summed E-state index contributed by atoms with van der Waals surface area (Å²) in [6.45, 7) is 0. The molecule has 0 bridgehead atoms. The van der Waals surface area contributed by atoms with E-state index in [4.69, 9.17) is 5.53 Å². The van der Waals surface area contributed by atoms with Gasteiger partial charge in [-0.25, -0.2) is 0 Å². The van der Waals surface area contributed by atoms with E-state index < -0.39 is 0 Å². The Morgan fingerprint density at radius 3 is 2.57 bits per heavy atom. The highest BCUT2D eigenvalue weighted by molar-refractivity contribution is 7.09. The zero-order chi connectivity index (χ0) is 5.54. The normalized spacial score (nSPS) is 8.14. The van der Waals surface area contributed by atoms with Crippen molar-refractivity contribution in [1.82, 2.24) is 0 Å². The van der Waals surface area contributed by atoms with E-state index in [0.29, 0.717) is 0 Å². The summed E-state index contributed by atoms with van der Waals surface area (Å²) >= 11 is 0. The van der Waals surface area contributed by atoms with Gasteiger partial charge in [-0.1, -0.05) is 0 Å². The maximum absolute atomic E-state index is 5.92. The van der Waals surface area contributed by atoms with Crippen molar-refractivity contribution in [2.45, 2.75) is 0 Å². The lowest BCUT2D eigenvalue weighted by Gasteiger charge is -1.87. The Kier molecular flexibility index (Phi) is 5.47. The summed E-state index contributed by atoms with van der Waals surface area (Å²) in [5.74, 6) is 0. The standard InChI is InChI=1S/H3N2O4P/c1-2-3-4-5-6-7/h1H,7H2. The van der Waals surface area contributed by atoms with E-state index >= 15 is 0 Å². The first-order valence-corrected chi connectivity index (χ1v) is 1.61. The molecule has 1 unspecified atom stereocenters. The molecule has 0 aromatic carbocycles. The lowest BCUT2D eigenvalue weighted by Crippen LogP contribution is -1.84. The van der Waals surface area contributed by atoms with Gasteiger partial charge in [0.1, 0.15) is 0 Å². The summed E-state index contributed by atoms with van der Waals surface area (Å²) in [4.78, 5) is 3.50. The molecular formula is H3N2O4P. The summed E-state index contributed by atoms with van der Waals surface area (Å²) < 4.78 is 3.77. The third kappa shape index (κ3) is 5.71. The Morgan fingerprint density at radius 2 is 2.14 bits per heavy atom. The summed E-state index contributed by atoms with van der Waals surface area (Å²) in [6, 6.07) is 0. The van der Waals surface area contributed by atoms with Gasteiger partial charge in [-0.2, -0.15) is 15.2 Å². The van der Waals surface area contributed by atoms with Crippen LogP contribution in [0.4, 0.5) is 0 Å². The second kappa shape index (κ2) is 5.71. The van der Waals surface area contributed by atoms with Crippen LogP contribution in [0.2, 0.25) is 0 Å². The first kappa shape index (κ1) is 6.71. The van der Waals surface area contributed by atoms with Gasteiger partial charge in [-0.15, -0.1) is 0 Å². The molecule has 42 valence electrons. The maximum Gasteiger partial charge on any atom is 0.0604 e. The molecule has 1 N–H and O–H groups in total. The van der Waals surface area contributed by atoms with Crippen LogP contribution in [0.25, 0.3) is 0 Å². The average molecular weight is 126 g/mol. The molecule has 0 spiro atoms. The summed E-state index contributed by atoms with van der Waals surface area (Å²) in [6.07, 6.45) is 0. The van der Waals surface area contributed by atoms with Crippen LogP contribution in [0.1, 0.15) is 0 Å². The number of nitrogens with one attached hydrogen (secondary N) is 1. The molecule has 0 aliphatic rings. The Morgan fingerprint density at radius 1 is 1.43 bits per heavy atom. The van der Waals surface area contributed by atoms with Crippen LogP contribution in [-0.2, 0) is 19.7 Å². The zero-order valence-corrected chi connectivity index (χ0v) is 4.31. The molecule has 0 heterocycles. The fourth-order valence-corrected chi connectivity index (χ4v) is 0.0757. The van der Waals surface area contributed by atoms with Crippen molar-refractivity contribution in [3.63, 3.8) is 0 Å². The van der Waals surface area contributed by atoms with Gasteiger partial charge in [-0.3, -0.25) is 0 Å². The van der Waals surface area contributed by atoms with Crippen molar-refractivity contribution >= 4 is 9.47 Å². The van der Waals surface area contributed by atoms with E-state index in [9.17, 15) is 0 Å². The third-order valence-electron chi connectivity index (χ3n) is 0.135. The van der Waals surface area contributed by atoms with Gasteiger partial charge in [0, 0.05) is 14.5 Å². The first-order chi connectivity index (χ1) is 3.41. The molecule has 0 aliphatic carbocycles. The topological polar surface area (TPSA) is 73.1 Å². The van der Waals surface area contributed by atoms with E-state index in [1.165, 1.54) is 0 Å². The van der Waals surface area contributed by atoms with Gasteiger partial charge in [0.2, 0.25) is 0 Å². The lowest BCUT2D eigenvalue weighted by atomic mass is 13.1. The molecule has 0 fully saturated rings. The van der Waals surface area contributed by atoms with Crippen molar-refractivity contribution in [3.05, 3.63) is 0 Å². The van der Waals surface area contributed by atoms with Crippen molar-refractivity contribution in [2.75, 3.05) is 0 Å². The molecule has 7 heavy (non-hydrogen) atoms. The smallest absolute Gasteiger partial charge is 0.0604 e. The lowest BCUT2D eigenvalue weighted by molar-refractivity contribution is -0.609. The molecule has 0 aliphatic heterocycles. The van der Waals surface area contributed by atoms with Crippen molar-refractivity contribution < 1.29 is 19.7 Å². The van der Waals surface area contributed by atoms with Gasteiger partial charge in [0.05, 0.1) is 5.28 Å². The molecule has 7 heteroatoms. The summed E-state index contributed by atoms with van der Waals surface area (Å²) in [5.41, 5.74) is 5.92. The first-order valence-electron chi connectivity index (χ1n) is 1.14. The molecule has 0 amide bonds. The van der Waals surface area contributed by atoms with Gasteiger partial charge < -0.3 is 0 Å². The highest BCUT2D eigenvalue weighted by Crippen LogP contribution is 1.87. The summed E-state index contributed by atoms with van der Waals surface area (Å²) in [7, 11) is 1.72. The van der Waals surface area contributed by atoms with Crippen molar-refractivity contribution in [3.8, 4) is 0 Å². The second-order valence-electron chi connectivity index (χ2n) is 0.398. The highest BCUT2D eigenvalue weighted by Gasteiger charge is 1.78. The zero-order valence-electron chi connectivity index (χ0n) is 3.16. The van der Waals surface area contributed by atoms with Gasteiger partial charge >= 0.3 is 0 Å². The third-order valence-corrected chi connectivity index (χ3v) is 0.213. The summed E-state index contributed by atoms with van der Waals surface area (Å²) in [5, 5.41) is 9.42. The van der Waals surface area contributed by atoms with E-state index in [1.54, 1.807) is 9.47 Å². The van der Waals surface area contributed by atoms with Crippen LogP contribution in [-0.4, -0.2) is 0 Å². The molecule has 0 radical (unpaired) electrons. The van der Waals surface area contributed by atoms with Gasteiger partial charge in [-0.05, 0) is 5.04 Å². The maximum atomic E-state index is 5.92. The van der Waals surface area contributed by atoms with E-state index in [1.807, 2.05) is 0 Å². The fraction of sp³-hybridized carbons (Fsp3) is 0. The Bertz CT molecular complexity index is 47.0. The molecule has 0 aromatic heterocycles. The molecule has 0 saturated carbocycles. The minimum absolute atomic E-state index is 1.72. The van der Waals surface area contributed by atoms with Gasteiger partial charge in [0.15, 0.2) is 0 Å². The Balaban J connectivity index is 2.56. The van der Waals surface area contributed by atoms with Crippen LogP contribution in [0.3, 0.4) is 0 Å². The second-order valence-corrected chi connectivity index (χ2v) is 0.591. The molecule has 1 atom stereocenters. The highest BCUT2D eigenvalue weighted by atomic mass is 31.0. The van der Waals surface area contributed by atoms with Gasteiger partial charge in [0.25, 0.3) is 0 Å². The fourth-order valence-electron chi connectivity index (χ4n) is 0.0437. The molecule has 0 rings (SSSR count). The van der Waals surface area contributed by atoms with Crippen LogP contribution in [0, 0.1) is 5.53 Å². The number of nitrogens with zero attached hydrogens (tertiary/aromatic N) is 1. The minimum Gasteiger partial charge on any atom is -0.188 e. The van der Waals surface area contributed by atoms with Crippen LogP contribution in [0.15, 0.2) is 5.28 Å². The predicted molar refractivity (Wildman–Crippen MR) is 19.2 cm³/mol. The van der Waals surface area contributed by atoms with E-state index in [2.05, 4.69) is 25.0 Å². The van der Waals surface area contributed by atoms with Crippen LogP contribution >= 0.6 is 9.47 Å². The largest absolute Gasteiger partial charge is 0.188 e. The van der Waals surface area contributed by atoms with E-state index in [0.717, 1.165) is 0 Å². The number of hydrogen-bond acceptors (Lipinski definition) is 6. The molecule has 0 aromatic rings. The Hall–Kier alpha value is -0.290. The van der Waals surface area contributed by atoms with Crippen LogP contribution in [0.5, 0.6) is 0 Å². The predicted octanol–water partition coefficient (Wildman–Crippen LogP) is 0.534. The molecule has 6 nitrogen and oxygen atoms in total. The minimum atomic E-state index is 1.72. The monoisotopic (exact) mass is 126 g/mol. The number of rotatable bonds is 4. The average Bonchev–Trinajstić information content (AvgIpc) is 1.69.